The Balaban J connectivity index is 2.84. The van der Waals surface area contributed by atoms with Gasteiger partial charge in [-0.15, -0.1) is 0 Å². The Hall–Kier alpha value is -1.76. The maximum Gasteiger partial charge on any atom is 0.416 e. The van der Waals surface area contributed by atoms with Gasteiger partial charge in [-0.1, -0.05) is 0 Å². The fourth-order valence-electron chi connectivity index (χ4n) is 1.30. The molecule has 0 saturated carbocycles. The number of halogens is 3. The number of aromatic hydroxyl groups is 1. The summed E-state index contributed by atoms with van der Waals surface area (Å²) in [7, 11) is 0. The highest BCUT2D eigenvalue weighted by Crippen LogP contribution is 2.32. The third kappa shape index (κ3) is 3.92. The molecule has 0 unspecified atom stereocenters. The number of hydrogen-bond donors (Lipinski definition) is 3. The lowest BCUT2D eigenvalue weighted by molar-refractivity contribution is -0.139. The van der Waals surface area contributed by atoms with E-state index in [4.69, 9.17) is 5.11 Å². The number of alkyl halides is 3. The number of rotatable bonds is 4. The Labute approximate surface area is 101 Å². The number of benzene rings is 1. The monoisotopic (exact) mass is 263 g/mol. The SMILES string of the molecule is C[C@H](NCc1cc(O)cc(C(F)(F)F)c1)C(=O)O. The molecule has 0 aromatic heterocycles. The van der Waals surface area contributed by atoms with Crippen LogP contribution >= 0.6 is 0 Å². The fourth-order valence-corrected chi connectivity index (χ4v) is 1.30. The van der Waals surface area contributed by atoms with Crippen molar-refractivity contribution in [2.24, 2.45) is 0 Å². The summed E-state index contributed by atoms with van der Waals surface area (Å²) in [5.41, 5.74) is -0.808. The van der Waals surface area contributed by atoms with E-state index in [1.807, 2.05) is 0 Å². The Morgan fingerprint density at radius 3 is 2.50 bits per heavy atom. The van der Waals surface area contributed by atoms with Crippen LogP contribution in [0.25, 0.3) is 0 Å². The summed E-state index contributed by atoms with van der Waals surface area (Å²) in [6, 6.07) is 1.74. The van der Waals surface area contributed by atoms with Gasteiger partial charge in [-0.2, -0.15) is 13.2 Å². The van der Waals surface area contributed by atoms with Crippen molar-refractivity contribution in [2.45, 2.75) is 25.7 Å². The molecule has 0 amide bonds. The average molecular weight is 263 g/mol. The molecular weight excluding hydrogens is 251 g/mol. The Morgan fingerprint density at radius 1 is 1.39 bits per heavy atom. The second-order valence-electron chi connectivity index (χ2n) is 3.83. The number of phenolic OH excluding ortho intramolecular Hbond substituents is 1. The topological polar surface area (TPSA) is 69.6 Å². The lowest BCUT2D eigenvalue weighted by atomic mass is 10.1. The second kappa shape index (κ2) is 5.26. The van der Waals surface area contributed by atoms with Crippen LogP contribution < -0.4 is 5.32 Å². The number of phenols is 1. The summed E-state index contributed by atoms with van der Waals surface area (Å²) in [5, 5.41) is 20.3. The van der Waals surface area contributed by atoms with Crippen LogP contribution in [-0.2, 0) is 17.5 Å². The van der Waals surface area contributed by atoms with Crippen LogP contribution in [0, 0.1) is 0 Å². The van der Waals surface area contributed by atoms with Gasteiger partial charge < -0.3 is 15.5 Å². The Bertz CT molecular complexity index is 446. The minimum absolute atomic E-state index is 0.0784. The molecule has 0 aliphatic rings. The molecule has 7 heteroatoms. The van der Waals surface area contributed by atoms with E-state index in [0.717, 1.165) is 12.1 Å². The van der Waals surface area contributed by atoms with Crippen molar-refractivity contribution in [3.05, 3.63) is 29.3 Å². The van der Waals surface area contributed by atoms with E-state index in [1.165, 1.54) is 6.92 Å². The van der Waals surface area contributed by atoms with Crippen LogP contribution in [0.15, 0.2) is 18.2 Å². The van der Waals surface area contributed by atoms with Crippen molar-refractivity contribution in [3.8, 4) is 5.75 Å². The zero-order chi connectivity index (χ0) is 13.9. The first-order valence-electron chi connectivity index (χ1n) is 5.06. The van der Waals surface area contributed by atoms with Crippen molar-refractivity contribution in [3.63, 3.8) is 0 Å². The van der Waals surface area contributed by atoms with Gasteiger partial charge in [0.2, 0.25) is 0 Å². The summed E-state index contributed by atoms with van der Waals surface area (Å²) < 4.78 is 37.3. The van der Waals surface area contributed by atoms with Crippen LogP contribution in [0.1, 0.15) is 18.1 Å². The number of nitrogens with one attached hydrogen (secondary N) is 1. The van der Waals surface area contributed by atoms with Gasteiger partial charge in [0.1, 0.15) is 11.8 Å². The molecule has 0 spiro atoms. The first-order chi connectivity index (χ1) is 8.20. The number of aliphatic carboxylic acids is 1. The Morgan fingerprint density at radius 2 is 2.00 bits per heavy atom. The summed E-state index contributed by atoms with van der Waals surface area (Å²) in [6.07, 6.45) is -4.55. The van der Waals surface area contributed by atoms with Crippen LogP contribution in [0.5, 0.6) is 5.75 Å². The third-order valence-electron chi connectivity index (χ3n) is 2.29. The number of carbonyl (C=O) groups is 1. The van der Waals surface area contributed by atoms with Gasteiger partial charge in [-0.05, 0) is 30.7 Å². The third-order valence-corrected chi connectivity index (χ3v) is 2.29. The summed E-state index contributed by atoms with van der Waals surface area (Å²) in [4.78, 5) is 10.5. The van der Waals surface area contributed by atoms with Crippen LogP contribution in [0.2, 0.25) is 0 Å². The van der Waals surface area contributed by atoms with Crippen molar-refractivity contribution < 1.29 is 28.2 Å². The Kier molecular flexibility index (Phi) is 4.18. The van der Waals surface area contributed by atoms with Gasteiger partial charge in [-0.3, -0.25) is 4.79 Å². The molecule has 0 bridgehead atoms. The fraction of sp³-hybridized carbons (Fsp3) is 0.364. The highest BCUT2D eigenvalue weighted by Gasteiger charge is 2.31. The minimum Gasteiger partial charge on any atom is -0.508 e. The predicted molar refractivity (Wildman–Crippen MR) is 57.0 cm³/mol. The number of carboxylic acid groups (broad SMARTS) is 1. The molecule has 0 aliphatic heterocycles. The highest BCUT2D eigenvalue weighted by molar-refractivity contribution is 5.72. The van der Waals surface area contributed by atoms with Gasteiger partial charge >= 0.3 is 12.1 Å². The largest absolute Gasteiger partial charge is 0.508 e. The van der Waals surface area contributed by atoms with E-state index in [-0.39, 0.29) is 12.1 Å². The molecule has 0 fully saturated rings. The van der Waals surface area contributed by atoms with Crippen molar-refractivity contribution in [1.82, 2.24) is 5.32 Å². The maximum atomic E-state index is 12.4. The molecule has 3 N–H and O–H groups in total. The van der Waals surface area contributed by atoms with Gasteiger partial charge in [0.15, 0.2) is 0 Å². The molecule has 0 saturated heterocycles. The van der Waals surface area contributed by atoms with Crippen molar-refractivity contribution in [2.75, 3.05) is 0 Å². The van der Waals surface area contributed by atoms with Gasteiger partial charge in [0.05, 0.1) is 5.56 Å². The summed E-state index contributed by atoms with van der Waals surface area (Å²) in [6.45, 7) is 1.29. The molecule has 0 aliphatic carbocycles. The number of hydrogen-bond acceptors (Lipinski definition) is 3. The molecule has 4 nitrogen and oxygen atoms in total. The van der Waals surface area contributed by atoms with Gasteiger partial charge in [0, 0.05) is 6.54 Å². The van der Waals surface area contributed by atoms with Gasteiger partial charge in [-0.25, -0.2) is 0 Å². The highest BCUT2D eigenvalue weighted by atomic mass is 19.4. The van der Waals surface area contributed by atoms with Crippen LogP contribution in [0.3, 0.4) is 0 Å². The second-order valence-corrected chi connectivity index (χ2v) is 3.83. The average Bonchev–Trinajstić information content (AvgIpc) is 2.23. The minimum atomic E-state index is -4.55. The molecule has 0 heterocycles. The smallest absolute Gasteiger partial charge is 0.416 e. The van der Waals surface area contributed by atoms with E-state index in [2.05, 4.69) is 5.32 Å². The van der Waals surface area contributed by atoms with E-state index >= 15 is 0 Å². The molecule has 1 aromatic carbocycles. The zero-order valence-electron chi connectivity index (χ0n) is 9.45. The van der Waals surface area contributed by atoms with Gasteiger partial charge in [0.25, 0.3) is 0 Å². The number of carboxylic acids is 1. The van der Waals surface area contributed by atoms with E-state index in [1.54, 1.807) is 0 Å². The van der Waals surface area contributed by atoms with E-state index < -0.39 is 29.5 Å². The lowest BCUT2D eigenvalue weighted by Crippen LogP contribution is -2.33. The molecule has 1 atom stereocenters. The zero-order valence-corrected chi connectivity index (χ0v) is 9.45. The summed E-state index contributed by atoms with van der Waals surface area (Å²) in [5.74, 6) is -1.61. The standard InChI is InChI=1S/C11H12F3NO3/c1-6(10(17)18)15-5-7-2-8(11(12,13)14)4-9(16)3-7/h2-4,6,15-16H,5H2,1H3,(H,17,18)/t6-/m0/s1. The normalized spacial score (nSPS) is 13.3. The predicted octanol–water partition coefficient (Wildman–Crippen LogP) is 1.97. The molecule has 0 radical (unpaired) electrons. The molecule has 100 valence electrons. The molecule has 1 aromatic rings. The summed E-state index contributed by atoms with van der Waals surface area (Å²) >= 11 is 0. The molecule has 1 rings (SSSR count). The van der Waals surface area contributed by atoms with Crippen molar-refractivity contribution in [1.29, 1.82) is 0 Å². The quantitative estimate of drug-likeness (QED) is 0.776. The van der Waals surface area contributed by atoms with E-state index in [9.17, 15) is 23.1 Å². The molecular formula is C11H12F3NO3. The molecule has 18 heavy (non-hydrogen) atoms. The maximum absolute atomic E-state index is 12.4. The van der Waals surface area contributed by atoms with Crippen molar-refractivity contribution >= 4 is 5.97 Å². The lowest BCUT2D eigenvalue weighted by Gasteiger charge is -2.12. The first kappa shape index (κ1) is 14.3. The van der Waals surface area contributed by atoms with E-state index in [0.29, 0.717) is 6.07 Å². The first-order valence-corrected chi connectivity index (χ1v) is 5.06. The van der Waals surface area contributed by atoms with Crippen LogP contribution in [0.4, 0.5) is 13.2 Å². The van der Waals surface area contributed by atoms with Crippen LogP contribution in [-0.4, -0.2) is 22.2 Å².